The van der Waals surface area contributed by atoms with Crippen LogP contribution in [0.3, 0.4) is 0 Å². The highest BCUT2D eigenvalue weighted by molar-refractivity contribution is 5.89. The lowest BCUT2D eigenvalue weighted by Crippen LogP contribution is -2.44. The summed E-state index contributed by atoms with van der Waals surface area (Å²) in [5.41, 5.74) is 3.46. The first-order chi connectivity index (χ1) is 16.5. The van der Waals surface area contributed by atoms with Crippen LogP contribution in [-0.2, 0) is 16.1 Å². The summed E-state index contributed by atoms with van der Waals surface area (Å²) in [6, 6.07) is 15.1. The van der Waals surface area contributed by atoms with Gasteiger partial charge in [-0.25, -0.2) is 4.79 Å². The summed E-state index contributed by atoms with van der Waals surface area (Å²) in [5.74, 6) is 0.0904. The maximum Gasteiger partial charge on any atom is 0.319 e. The van der Waals surface area contributed by atoms with Crippen LogP contribution in [0, 0.1) is 5.92 Å². The van der Waals surface area contributed by atoms with E-state index in [1.807, 2.05) is 55.5 Å². The number of rotatable bonds is 7. The van der Waals surface area contributed by atoms with Crippen molar-refractivity contribution >= 4 is 11.7 Å². The summed E-state index contributed by atoms with van der Waals surface area (Å²) in [4.78, 5) is 14.1. The molecule has 2 aromatic carbocycles. The summed E-state index contributed by atoms with van der Waals surface area (Å²) < 4.78 is 12.9. The normalized spacial score (nSPS) is 27.5. The molecule has 5 atom stereocenters. The third-order valence-corrected chi connectivity index (χ3v) is 6.59. The van der Waals surface area contributed by atoms with E-state index < -0.39 is 6.29 Å². The van der Waals surface area contributed by atoms with Crippen LogP contribution >= 0.6 is 0 Å². The lowest BCUT2D eigenvalue weighted by atomic mass is 9.90. The monoisotopic (exact) mass is 469 g/mol. The average Bonchev–Trinajstić information content (AvgIpc) is 3.25. The Hall–Kier alpha value is -2.49. The van der Waals surface area contributed by atoms with Gasteiger partial charge in [-0.3, -0.25) is 4.90 Å². The molecule has 8 heteroatoms. The molecule has 2 saturated heterocycles. The summed E-state index contributed by atoms with van der Waals surface area (Å²) in [6.07, 6.45) is -0.322. The second kappa shape index (κ2) is 11.3. The quantitative estimate of drug-likeness (QED) is 0.497. The molecule has 0 saturated carbocycles. The molecule has 8 nitrogen and oxygen atoms in total. The number of carbonyl (C=O) groups is 1. The van der Waals surface area contributed by atoms with Gasteiger partial charge in [-0.15, -0.1) is 0 Å². The fourth-order valence-electron chi connectivity index (χ4n) is 4.62. The molecule has 2 aromatic rings. The van der Waals surface area contributed by atoms with E-state index in [-0.39, 0.29) is 36.9 Å². The standard InChI is InChI=1S/C26H35N3O5/c1-3-27-26(32)28-21-10-8-20(9-11-21)25-33-23(15-29-13-12-22(31)14-29)17(2)24(34-25)19-6-4-18(16-30)5-7-19/h4-11,17,22-25,30-31H,3,12-16H2,1-2H3,(H2,27,28,32)/t17-,22-,23+,24+,25+/m0/s1. The van der Waals surface area contributed by atoms with Crippen molar-refractivity contribution in [3.63, 3.8) is 0 Å². The van der Waals surface area contributed by atoms with Crippen LogP contribution in [-0.4, -0.2) is 59.5 Å². The van der Waals surface area contributed by atoms with Crippen molar-refractivity contribution in [1.82, 2.24) is 10.2 Å². The van der Waals surface area contributed by atoms with Crippen LogP contribution in [0.4, 0.5) is 10.5 Å². The van der Waals surface area contributed by atoms with Gasteiger partial charge < -0.3 is 30.3 Å². The highest BCUT2D eigenvalue weighted by Crippen LogP contribution is 2.42. The zero-order chi connectivity index (χ0) is 24.1. The molecule has 0 spiro atoms. The first kappa shape index (κ1) is 24.6. The molecule has 2 amide bonds. The first-order valence-corrected chi connectivity index (χ1v) is 12.0. The van der Waals surface area contributed by atoms with Crippen molar-refractivity contribution in [2.75, 3.05) is 31.5 Å². The molecule has 4 rings (SSSR count). The van der Waals surface area contributed by atoms with E-state index in [9.17, 15) is 15.0 Å². The lowest BCUT2D eigenvalue weighted by molar-refractivity contribution is -0.276. The average molecular weight is 470 g/mol. The van der Waals surface area contributed by atoms with Crippen LogP contribution in [0.15, 0.2) is 48.5 Å². The molecule has 184 valence electrons. The molecule has 0 unspecified atom stereocenters. The summed E-state index contributed by atoms with van der Waals surface area (Å²) in [6.45, 7) is 6.81. The first-order valence-electron chi connectivity index (χ1n) is 12.0. The van der Waals surface area contributed by atoms with Crippen LogP contribution in [0.25, 0.3) is 0 Å². The van der Waals surface area contributed by atoms with Crippen LogP contribution in [0.2, 0.25) is 0 Å². The van der Waals surface area contributed by atoms with Gasteiger partial charge in [-0.1, -0.05) is 43.3 Å². The molecule has 0 bridgehead atoms. The number of hydrogen-bond donors (Lipinski definition) is 4. The Labute approximate surface area is 200 Å². The Balaban J connectivity index is 1.53. The van der Waals surface area contributed by atoms with Gasteiger partial charge in [0.25, 0.3) is 0 Å². The van der Waals surface area contributed by atoms with Crippen molar-refractivity contribution in [2.24, 2.45) is 5.92 Å². The fraction of sp³-hybridized carbons (Fsp3) is 0.500. The molecule has 2 aliphatic heterocycles. The Morgan fingerprint density at radius 2 is 1.79 bits per heavy atom. The number of β-amino-alcohol motifs (C(OH)–C–C–N with tert-alkyl or cyclic N) is 1. The largest absolute Gasteiger partial charge is 0.392 e. The van der Waals surface area contributed by atoms with Gasteiger partial charge in [0.1, 0.15) is 0 Å². The smallest absolute Gasteiger partial charge is 0.319 e. The molecule has 2 fully saturated rings. The number of aliphatic hydroxyl groups is 2. The Bertz CT molecular complexity index is 936. The van der Waals surface area contributed by atoms with E-state index in [0.717, 1.165) is 36.2 Å². The molecule has 2 heterocycles. The van der Waals surface area contributed by atoms with Gasteiger partial charge in [-0.2, -0.15) is 0 Å². The number of carbonyl (C=O) groups excluding carboxylic acids is 1. The Kier molecular flexibility index (Phi) is 8.18. The van der Waals surface area contributed by atoms with Crippen molar-refractivity contribution < 1.29 is 24.5 Å². The van der Waals surface area contributed by atoms with Crippen molar-refractivity contribution in [3.05, 3.63) is 65.2 Å². The number of ether oxygens (including phenoxy) is 2. The van der Waals surface area contributed by atoms with E-state index >= 15 is 0 Å². The molecular weight excluding hydrogens is 434 g/mol. The highest BCUT2D eigenvalue weighted by atomic mass is 16.7. The predicted molar refractivity (Wildman–Crippen MR) is 129 cm³/mol. The number of anilines is 1. The molecule has 0 aromatic heterocycles. The number of hydrogen-bond acceptors (Lipinski definition) is 6. The van der Waals surface area contributed by atoms with Crippen molar-refractivity contribution in [2.45, 2.75) is 51.5 Å². The third kappa shape index (κ3) is 5.95. The molecule has 2 aliphatic rings. The number of amides is 2. The fourth-order valence-corrected chi connectivity index (χ4v) is 4.62. The van der Waals surface area contributed by atoms with Gasteiger partial charge in [-0.05, 0) is 36.6 Å². The summed E-state index contributed by atoms with van der Waals surface area (Å²) >= 11 is 0. The lowest BCUT2D eigenvalue weighted by Gasteiger charge is -2.42. The minimum Gasteiger partial charge on any atom is -0.392 e. The van der Waals surface area contributed by atoms with Crippen LogP contribution in [0.1, 0.15) is 49.4 Å². The summed E-state index contributed by atoms with van der Waals surface area (Å²) in [7, 11) is 0. The third-order valence-electron chi connectivity index (χ3n) is 6.59. The van der Waals surface area contributed by atoms with Crippen LogP contribution < -0.4 is 10.6 Å². The number of likely N-dealkylation sites (tertiary alicyclic amines) is 1. The van der Waals surface area contributed by atoms with Gasteiger partial charge >= 0.3 is 6.03 Å². The second-order valence-corrected chi connectivity index (χ2v) is 9.13. The maximum atomic E-state index is 11.8. The Morgan fingerprint density at radius 1 is 1.09 bits per heavy atom. The van der Waals surface area contributed by atoms with Crippen LogP contribution in [0.5, 0.6) is 0 Å². The second-order valence-electron chi connectivity index (χ2n) is 9.13. The van der Waals surface area contributed by atoms with E-state index in [4.69, 9.17) is 9.47 Å². The number of nitrogens with one attached hydrogen (secondary N) is 2. The summed E-state index contributed by atoms with van der Waals surface area (Å²) in [5, 5.41) is 24.9. The van der Waals surface area contributed by atoms with Gasteiger partial charge in [0, 0.05) is 43.3 Å². The number of benzene rings is 2. The number of aliphatic hydroxyl groups excluding tert-OH is 2. The van der Waals surface area contributed by atoms with Gasteiger partial charge in [0.15, 0.2) is 6.29 Å². The van der Waals surface area contributed by atoms with Crippen molar-refractivity contribution in [3.8, 4) is 0 Å². The Morgan fingerprint density at radius 3 is 2.41 bits per heavy atom. The molecule has 0 aliphatic carbocycles. The molecule has 34 heavy (non-hydrogen) atoms. The number of urea groups is 1. The van der Waals surface area contributed by atoms with Gasteiger partial charge in [0.2, 0.25) is 0 Å². The predicted octanol–water partition coefficient (Wildman–Crippen LogP) is 3.18. The molecular formula is C26H35N3O5. The topological polar surface area (TPSA) is 103 Å². The van der Waals surface area contributed by atoms with E-state index in [1.54, 1.807) is 0 Å². The molecule has 0 radical (unpaired) electrons. The minimum atomic E-state index is -0.560. The van der Waals surface area contributed by atoms with E-state index in [1.165, 1.54) is 0 Å². The SMILES string of the molecule is CCNC(=O)Nc1ccc([C@@H]2O[C@H](CN3CC[C@H](O)C3)[C@H](C)[C@H](c3ccc(CO)cc3)O2)cc1. The van der Waals surface area contributed by atoms with E-state index in [2.05, 4.69) is 22.5 Å². The van der Waals surface area contributed by atoms with Crippen molar-refractivity contribution in [1.29, 1.82) is 0 Å². The number of nitrogens with zero attached hydrogens (tertiary/aromatic N) is 1. The minimum absolute atomic E-state index is 0.00364. The maximum absolute atomic E-state index is 11.8. The highest BCUT2D eigenvalue weighted by Gasteiger charge is 2.39. The van der Waals surface area contributed by atoms with E-state index in [0.29, 0.717) is 18.8 Å². The zero-order valence-corrected chi connectivity index (χ0v) is 19.8. The van der Waals surface area contributed by atoms with Gasteiger partial charge in [0.05, 0.1) is 24.9 Å². The molecule has 4 N–H and O–H groups in total. The zero-order valence-electron chi connectivity index (χ0n) is 19.8.